The van der Waals surface area contributed by atoms with E-state index in [9.17, 15) is 0 Å². The molecule has 1 aliphatic rings. The highest BCUT2D eigenvalue weighted by atomic mass is 16.5. The maximum Gasteiger partial charge on any atom is 0.122 e. The Kier molecular flexibility index (Phi) is 4.21. The van der Waals surface area contributed by atoms with Gasteiger partial charge in [0.1, 0.15) is 5.75 Å². The number of nitrogens with zero attached hydrogens (tertiary/aromatic N) is 3. The van der Waals surface area contributed by atoms with Crippen molar-refractivity contribution in [3.63, 3.8) is 0 Å². The molecule has 2 aromatic rings. The van der Waals surface area contributed by atoms with Gasteiger partial charge in [0, 0.05) is 37.9 Å². The van der Waals surface area contributed by atoms with Crippen LogP contribution in [0.5, 0.6) is 5.75 Å². The third-order valence-corrected chi connectivity index (χ3v) is 4.43. The van der Waals surface area contributed by atoms with E-state index in [-0.39, 0.29) is 0 Å². The van der Waals surface area contributed by atoms with Crippen molar-refractivity contribution in [1.82, 2.24) is 14.7 Å². The average Bonchev–Trinajstić information content (AvgIpc) is 3.25. The summed E-state index contributed by atoms with van der Waals surface area (Å²) in [5, 5.41) is 4.28. The zero-order chi connectivity index (χ0) is 15.7. The molecule has 0 spiro atoms. The lowest BCUT2D eigenvalue weighted by molar-refractivity contribution is 0.245. The van der Waals surface area contributed by atoms with Gasteiger partial charge in [-0.3, -0.25) is 9.58 Å². The summed E-state index contributed by atoms with van der Waals surface area (Å²) in [4.78, 5) is 2.57. The van der Waals surface area contributed by atoms with Crippen LogP contribution in [0, 0.1) is 13.8 Å². The Hall–Kier alpha value is -1.81. The van der Waals surface area contributed by atoms with Crippen LogP contribution in [-0.4, -0.2) is 27.8 Å². The lowest BCUT2D eigenvalue weighted by Crippen LogP contribution is -2.25. The van der Waals surface area contributed by atoms with Crippen molar-refractivity contribution in [2.24, 2.45) is 7.05 Å². The zero-order valence-electron chi connectivity index (χ0n) is 14.0. The summed E-state index contributed by atoms with van der Waals surface area (Å²) in [5.74, 6) is 0.978. The molecule has 0 aliphatic heterocycles. The van der Waals surface area contributed by atoms with Crippen LogP contribution in [0.25, 0.3) is 0 Å². The smallest absolute Gasteiger partial charge is 0.122 e. The Balaban J connectivity index is 1.78. The molecule has 1 aromatic heterocycles. The summed E-state index contributed by atoms with van der Waals surface area (Å²) >= 11 is 0. The molecule has 3 rings (SSSR count). The van der Waals surface area contributed by atoms with Crippen LogP contribution in [0.4, 0.5) is 0 Å². The number of aromatic nitrogens is 2. The van der Waals surface area contributed by atoms with Crippen LogP contribution < -0.4 is 4.74 Å². The fraction of sp³-hybridized carbons (Fsp3) is 0.500. The van der Waals surface area contributed by atoms with Crippen molar-refractivity contribution < 1.29 is 4.74 Å². The standard InChI is InChI=1S/C18H25N3O/c1-13-8-18(22-4)14(2)7-16(13)12-21(17-5-6-17)11-15-9-19-20(3)10-15/h7-10,17H,5-6,11-12H2,1-4H3. The summed E-state index contributed by atoms with van der Waals surface area (Å²) in [5.41, 5.74) is 5.20. The van der Waals surface area contributed by atoms with Crippen LogP contribution in [0.1, 0.15) is 35.1 Å². The largest absolute Gasteiger partial charge is 0.496 e. The first-order chi connectivity index (χ1) is 10.6. The third kappa shape index (κ3) is 3.33. The van der Waals surface area contributed by atoms with E-state index < -0.39 is 0 Å². The predicted octanol–water partition coefficient (Wildman–Crippen LogP) is 3.21. The second kappa shape index (κ2) is 6.13. The third-order valence-electron chi connectivity index (χ3n) is 4.43. The van der Waals surface area contributed by atoms with Gasteiger partial charge in [0.05, 0.1) is 13.3 Å². The van der Waals surface area contributed by atoms with Gasteiger partial charge in [-0.2, -0.15) is 5.10 Å². The van der Waals surface area contributed by atoms with E-state index in [1.807, 2.05) is 17.9 Å². The Morgan fingerprint density at radius 2 is 2.00 bits per heavy atom. The quantitative estimate of drug-likeness (QED) is 0.820. The van der Waals surface area contributed by atoms with E-state index in [4.69, 9.17) is 4.74 Å². The molecule has 0 amide bonds. The first-order valence-corrected chi connectivity index (χ1v) is 7.92. The molecule has 1 aromatic carbocycles. The number of aryl methyl sites for hydroxylation is 3. The first kappa shape index (κ1) is 15.1. The Morgan fingerprint density at radius 3 is 2.59 bits per heavy atom. The van der Waals surface area contributed by atoms with E-state index in [1.165, 1.54) is 35.1 Å². The van der Waals surface area contributed by atoms with Crippen molar-refractivity contribution in [3.05, 3.63) is 46.8 Å². The number of hydrogen-bond acceptors (Lipinski definition) is 3. The van der Waals surface area contributed by atoms with E-state index in [1.54, 1.807) is 7.11 Å². The molecular formula is C18H25N3O. The molecule has 22 heavy (non-hydrogen) atoms. The lowest BCUT2D eigenvalue weighted by atomic mass is 10.0. The number of rotatable bonds is 6. The Bertz CT molecular complexity index is 658. The maximum atomic E-state index is 5.42. The number of hydrogen-bond donors (Lipinski definition) is 0. The van der Waals surface area contributed by atoms with Crippen LogP contribution in [0.2, 0.25) is 0 Å². The van der Waals surface area contributed by atoms with Crippen LogP contribution >= 0.6 is 0 Å². The monoisotopic (exact) mass is 299 g/mol. The topological polar surface area (TPSA) is 30.3 Å². The van der Waals surface area contributed by atoms with E-state index in [2.05, 4.69) is 42.2 Å². The molecule has 4 heteroatoms. The van der Waals surface area contributed by atoms with Crippen LogP contribution in [-0.2, 0) is 20.1 Å². The molecule has 0 unspecified atom stereocenters. The van der Waals surface area contributed by atoms with Crippen molar-refractivity contribution >= 4 is 0 Å². The van der Waals surface area contributed by atoms with Gasteiger partial charge in [-0.15, -0.1) is 0 Å². The fourth-order valence-electron chi connectivity index (χ4n) is 3.00. The highest BCUT2D eigenvalue weighted by Crippen LogP contribution is 2.31. The minimum Gasteiger partial charge on any atom is -0.496 e. The molecule has 1 heterocycles. The molecule has 0 bridgehead atoms. The van der Waals surface area contributed by atoms with Crippen LogP contribution in [0.15, 0.2) is 24.5 Å². The number of methoxy groups -OCH3 is 1. The average molecular weight is 299 g/mol. The van der Waals surface area contributed by atoms with Crippen molar-refractivity contribution in [3.8, 4) is 5.75 Å². The molecule has 0 atom stereocenters. The van der Waals surface area contributed by atoms with Crippen molar-refractivity contribution in [2.45, 2.75) is 45.8 Å². The summed E-state index contributed by atoms with van der Waals surface area (Å²) in [6, 6.07) is 5.15. The van der Waals surface area contributed by atoms with Crippen molar-refractivity contribution in [1.29, 1.82) is 0 Å². The molecule has 118 valence electrons. The van der Waals surface area contributed by atoms with E-state index >= 15 is 0 Å². The van der Waals surface area contributed by atoms with E-state index in [0.717, 1.165) is 24.9 Å². The summed E-state index contributed by atoms with van der Waals surface area (Å²) in [7, 11) is 3.71. The summed E-state index contributed by atoms with van der Waals surface area (Å²) in [6.45, 7) is 6.26. The summed E-state index contributed by atoms with van der Waals surface area (Å²) < 4.78 is 7.30. The Labute approximate surface area is 132 Å². The molecule has 1 saturated carbocycles. The molecule has 1 aliphatic carbocycles. The van der Waals surface area contributed by atoms with Gasteiger partial charge >= 0.3 is 0 Å². The van der Waals surface area contributed by atoms with Gasteiger partial charge in [-0.1, -0.05) is 6.07 Å². The van der Waals surface area contributed by atoms with Crippen LogP contribution in [0.3, 0.4) is 0 Å². The number of benzene rings is 1. The van der Waals surface area contributed by atoms with Gasteiger partial charge in [0.15, 0.2) is 0 Å². The molecule has 0 radical (unpaired) electrons. The van der Waals surface area contributed by atoms with Gasteiger partial charge < -0.3 is 4.74 Å². The highest BCUT2D eigenvalue weighted by Gasteiger charge is 2.29. The van der Waals surface area contributed by atoms with Gasteiger partial charge in [0.2, 0.25) is 0 Å². The molecular weight excluding hydrogens is 274 g/mol. The molecule has 1 fully saturated rings. The first-order valence-electron chi connectivity index (χ1n) is 7.92. The van der Waals surface area contributed by atoms with Gasteiger partial charge in [-0.25, -0.2) is 0 Å². The number of ether oxygens (including phenoxy) is 1. The van der Waals surface area contributed by atoms with Crippen molar-refractivity contribution in [2.75, 3.05) is 7.11 Å². The minimum atomic E-state index is 0.724. The maximum absolute atomic E-state index is 5.42. The molecule has 0 N–H and O–H groups in total. The second-order valence-corrected chi connectivity index (χ2v) is 6.41. The van der Waals surface area contributed by atoms with E-state index in [0.29, 0.717) is 0 Å². The summed E-state index contributed by atoms with van der Waals surface area (Å²) in [6.07, 6.45) is 6.71. The lowest BCUT2D eigenvalue weighted by Gasteiger charge is -2.23. The predicted molar refractivity (Wildman–Crippen MR) is 87.9 cm³/mol. The zero-order valence-corrected chi connectivity index (χ0v) is 14.0. The normalized spacial score (nSPS) is 14.6. The fourth-order valence-corrected chi connectivity index (χ4v) is 3.00. The second-order valence-electron chi connectivity index (χ2n) is 6.41. The molecule has 4 nitrogen and oxygen atoms in total. The SMILES string of the molecule is COc1cc(C)c(CN(Cc2cnn(C)c2)C2CC2)cc1C. The molecule has 0 saturated heterocycles. The van der Waals surface area contributed by atoms with Gasteiger partial charge in [0.25, 0.3) is 0 Å². The minimum absolute atomic E-state index is 0.724. The Morgan fingerprint density at radius 1 is 1.23 bits per heavy atom. The van der Waals surface area contributed by atoms with Gasteiger partial charge in [-0.05, 0) is 49.4 Å². The highest BCUT2D eigenvalue weighted by molar-refractivity contribution is 5.41.